The molecule has 0 aliphatic heterocycles. The number of carbonyl (C=O) groups is 1. The van der Waals surface area contributed by atoms with Crippen LogP contribution in [0.15, 0.2) is 18.2 Å². The van der Waals surface area contributed by atoms with Crippen molar-refractivity contribution in [2.45, 2.75) is 137 Å². The van der Waals surface area contributed by atoms with Crippen LogP contribution in [-0.4, -0.2) is 23.5 Å². The predicted octanol–water partition coefficient (Wildman–Crippen LogP) is 9.73. The van der Waals surface area contributed by atoms with Crippen molar-refractivity contribution in [2.75, 3.05) is 11.9 Å². The van der Waals surface area contributed by atoms with Gasteiger partial charge in [0.1, 0.15) is 0 Å². The number of hydrogen-bond acceptors (Lipinski definition) is 1. The molecule has 0 heterocycles. The number of carbonyl (C=O) groups excluding carboxylic acids is 1. The van der Waals surface area contributed by atoms with Gasteiger partial charge in [0.2, 0.25) is 0 Å². The zero-order valence-corrected chi connectivity index (χ0v) is 23.7. The topological polar surface area (TPSA) is 32.3 Å². The van der Waals surface area contributed by atoms with Gasteiger partial charge in [-0.05, 0) is 66.4 Å². The van der Waals surface area contributed by atoms with Crippen LogP contribution in [0.2, 0.25) is 0 Å². The lowest BCUT2D eigenvalue weighted by Gasteiger charge is -2.41. The molecule has 2 rings (SSSR count). The molecule has 0 spiro atoms. The first kappa shape index (κ1) is 28.7. The van der Waals surface area contributed by atoms with Gasteiger partial charge >= 0.3 is 6.03 Å². The van der Waals surface area contributed by atoms with Gasteiger partial charge in [-0.25, -0.2) is 4.79 Å². The molecule has 1 saturated carbocycles. The summed E-state index contributed by atoms with van der Waals surface area (Å²) in [4.78, 5) is 16.0. The Labute approximate surface area is 211 Å². The maximum atomic E-state index is 13.8. The fourth-order valence-electron chi connectivity index (χ4n) is 5.64. The monoisotopic (exact) mass is 470 g/mol. The zero-order valence-electron chi connectivity index (χ0n) is 23.7. The molecule has 0 unspecified atom stereocenters. The van der Waals surface area contributed by atoms with E-state index in [1.54, 1.807) is 0 Å². The highest BCUT2D eigenvalue weighted by Gasteiger charge is 2.33. The number of amides is 2. The smallest absolute Gasteiger partial charge is 0.322 e. The van der Waals surface area contributed by atoms with Crippen molar-refractivity contribution >= 4 is 11.7 Å². The average Bonchev–Trinajstić information content (AvgIpc) is 2.78. The number of nitrogens with zero attached hydrogens (tertiary/aromatic N) is 1. The Morgan fingerprint density at radius 1 is 0.912 bits per heavy atom. The van der Waals surface area contributed by atoms with Gasteiger partial charge in [-0.15, -0.1) is 0 Å². The lowest BCUT2D eigenvalue weighted by molar-refractivity contribution is 0.112. The summed E-state index contributed by atoms with van der Waals surface area (Å²) in [5, 5.41) is 3.43. The third kappa shape index (κ3) is 8.31. The van der Waals surface area contributed by atoms with Gasteiger partial charge in [0.25, 0.3) is 0 Å². The van der Waals surface area contributed by atoms with E-state index in [1.165, 1.54) is 56.1 Å². The Balaban J connectivity index is 2.18. The number of hydrogen-bond donors (Lipinski definition) is 1. The first-order valence-electron chi connectivity index (χ1n) is 14.3. The van der Waals surface area contributed by atoms with E-state index < -0.39 is 0 Å². The fraction of sp³-hybridized carbons (Fsp3) is 0.774. The maximum absolute atomic E-state index is 13.8. The quantitative estimate of drug-likeness (QED) is 0.321. The molecule has 0 atom stereocenters. The molecule has 1 fully saturated rings. The van der Waals surface area contributed by atoms with Gasteiger partial charge in [0.15, 0.2) is 0 Å². The minimum atomic E-state index is 0.114. The summed E-state index contributed by atoms with van der Waals surface area (Å²) >= 11 is 0. The van der Waals surface area contributed by atoms with Crippen LogP contribution >= 0.6 is 0 Å². The minimum Gasteiger partial charge on any atom is -0.322 e. The summed E-state index contributed by atoms with van der Waals surface area (Å²) < 4.78 is 0. The molecule has 1 aliphatic carbocycles. The molecule has 0 bridgehead atoms. The Kier molecular flexibility index (Phi) is 11.4. The highest BCUT2D eigenvalue weighted by molar-refractivity contribution is 5.91. The number of unbranched alkanes of at least 4 members (excludes halogenated alkanes) is 5. The molecule has 0 aromatic heterocycles. The Bertz CT molecular complexity index is 712. The largest absolute Gasteiger partial charge is 0.322 e. The van der Waals surface area contributed by atoms with Crippen LogP contribution in [0, 0.1) is 11.3 Å². The van der Waals surface area contributed by atoms with Crippen molar-refractivity contribution in [1.82, 2.24) is 4.90 Å². The minimum absolute atomic E-state index is 0.114. The van der Waals surface area contributed by atoms with E-state index in [-0.39, 0.29) is 6.03 Å². The van der Waals surface area contributed by atoms with Crippen LogP contribution in [0.4, 0.5) is 10.5 Å². The summed E-state index contributed by atoms with van der Waals surface area (Å²) in [7, 11) is 0. The molecule has 194 valence electrons. The standard InChI is InChI=1S/C31H54N2O/c1-9-10-11-12-13-14-22-33(26-20-18-25(19-21-26)31(6,7)8)30(34)32-29-27(23(2)3)16-15-17-28(29)24(4)5/h15-17,23-26H,9-14,18-22H2,1-8H3,(H,32,34). The van der Waals surface area contributed by atoms with E-state index in [0.717, 1.165) is 37.4 Å². The summed E-state index contributed by atoms with van der Waals surface area (Å²) in [5.74, 6) is 1.52. The van der Waals surface area contributed by atoms with E-state index in [1.807, 2.05) is 0 Å². The van der Waals surface area contributed by atoms with Gasteiger partial charge in [0.05, 0.1) is 0 Å². The van der Waals surface area contributed by atoms with Crippen LogP contribution < -0.4 is 5.32 Å². The molecule has 1 aliphatic rings. The lowest BCUT2D eigenvalue weighted by atomic mass is 9.71. The molecule has 2 amide bonds. The number of anilines is 1. The zero-order chi connectivity index (χ0) is 25.3. The molecule has 3 nitrogen and oxygen atoms in total. The van der Waals surface area contributed by atoms with Crippen molar-refractivity contribution in [3.63, 3.8) is 0 Å². The molecule has 1 aromatic carbocycles. The normalized spacial score (nSPS) is 19.0. The van der Waals surface area contributed by atoms with Crippen molar-refractivity contribution in [3.8, 4) is 0 Å². The van der Waals surface area contributed by atoms with Crippen LogP contribution in [0.1, 0.15) is 143 Å². The van der Waals surface area contributed by atoms with Crippen molar-refractivity contribution in [1.29, 1.82) is 0 Å². The SMILES string of the molecule is CCCCCCCCN(C(=O)Nc1c(C(C)C)cccc1C(C)C)C1CCC(C(C)(C)C)CC1. The highest BCUT2D eigenvalue weighted by atomic mass is 16.2. The second kappa shape index (κ2) is 13.5. The molecule has 1 N–H and O–H groups in total. The summed E-state index contributed by atoms with van der Waals surface area (Å²) in [5.41, 5.74) is 3.90. The van der Waals surface area contributed by atoms with Gasteiger partial charge < -0.3 is 10.2 Å². The fourth-order valence-corrected chi connectivity index (χ4v) is 5.64. The van der Waals surface area contributed by atoms with Crippen LogP contribution in [0.25, 0.3) is 0 Å². The summed E-state index contributed by atoms with van der Waals surface area (Å²) in [6.07, 6.45) is 12.3. The van der Waals surface area contributed by atoms with Crippen molar-refractivity contribution in [2.24, 2.45) is 11.3 Å². The second-order valence-corrected chi connectivity index (χ2v) is 12.4. The number of para-hydroxylation sites is 1. The first-order valence-corrected chi connectivity index (χ1v) is 14.3. The third-order valence-corrected chi connectivity index (χ3v) is 7.98. The van der Waals surface area contributed by atoms with E-state index in [0.29, 0.717) is 23.3 Å². The third-order valence-electron chi connectivity index (χ3n) is 7.98. The Hall–Kier alpha value is -1.51. The second-order valence-electron chi connectivity index (χ2n) is 12.4. The van der Waals surface area contributed by atoms with Gasteiger partial charge in [-0.1, -0.05) is 106 Å². The number of rotatable bonds is 11. The van der Waals surface area contributed by atoms with E-state index >= 15 is 0 Å². The van der Waals surface area contributed by atoms with E-state index in [4.69, 9.17) is 0 Å². The molecular formula is C31H54N2O. The van der Waals surface area contributed by atoms with Gasteiger partial charge in [-0.2, -0.15) is 0 Å². The van der Waals surface area contributed by atoms with Crippen molar-refractivity contribution < 1.29 is 4.79 Å². The van der Waals surface area contributed by atoms with Crippen LogP contribution in [0.5, 0.6) is 0 Å². The van der Waals surface area contributed by atoms with Crippen molar-refractivity contribution in [3.05, 3.63) is 29.3 Å². The van der Waals surface area contributed by atoms with Crippen LogP contribution in [0.3, 0.4) is 0 Å². The lowest BCUT2D eigenvalue weighted by Crippen LogP contribution is -2.46. The Morgan fingerprint density at radius 3 is 1.94 bits per heavy atom. The maximum Gasteiger partial charge on any atom is 0.322 e. The van der Waals surface area contributed by atoms with E-state index in [2.05, 4.69) is 83.8 Å². The first-order chi connectivity index (χ1) is 16.1. The number of nitrogens with one attached hydrogen (secondary N) is 1. The molecule has 1 aromatic rings. The van der Waals surface area contributed by atoms with E-state index in [9.17, 15) is 4.79 Å². The van der Waals surface area contributed by atoms with Gasteiger partial charge in [-0.3, -0.25) is 0 Å². The average molecular weight is 471 g/mol. The molecule has 3 heteroatoms. The summed E-state index contributed by atoms with van der Waals surface area (Å²) in [6, 6.07) is 6.98. The van der Waals surface area contributed by atoms with Gasteiger partial charge in [0, 0.05) is 18.3 Å². The predicted molar refractivity (Wildman–Crippen MR) is 149 cm³/mol. The highest BCUT2D eigenvalue weighted by Crippen LogP contribution is 2.39. The number of urea groups is 1. The number of benzene rings is 1. The molecule has 34 heavy (non-hydrogen) atoms. The molecule has 0 saturated heterocycles. The Morgan fingerprint density at radius 2 is 1.44 bits per heavy atom. The molecular weight excluding hydrogens is 416 g/mol. The molecule has 0 radical (unpaired) electrons. The van der Waals surface area contributed by atoms with Crippen LogP contribution in [-0.2, 0) is 0 Å². The summed E-state index contributed by atoms with van der Waals surface area (Å²) in [6.45, 7) is 19.1.